The Kier molecular flexibility index (Phi) is 3.44. The molecule has 0 aromatic heterocycles. The number of allylic oxidation sites excluding steroid dienone is 1. The molecule has 0 saturated heterocycles. The van der Waals surface area contributed by atoms with E-state index in [1.165, 1.54) is 12.1 Å². The van der Waals surface area contributed by atoms with Crippen LogP contribution in [-0.4, -0.2) is 16.1 Å². The van der Waals surface area contributed by atoms with E-state index in [-0.39, 0.29) is 11.3 Å². The molecule has 0 aliphatic heterocycles. The van der Waals surface area contributed by atoms with Crippen LogP contribution in [0.5, 0.6) is 0 Å². The van der Waals surface area contributed by atoms with E-state index in [1.54, 1.807) is 0 Å². The summed E-state index contributed by atoms with van der Waals surface area (Å²) < 4.78 is 0. The van der Waals surface area contributed by atoms with Crippen molar-refractivity contribution in [3.05, 3.63) is 50.1 Å². The maximum absolute atomic E-state index is 10.6. The smallest absolute Gasteiger partial charge is 0.283 e. The second kappa shape index (κ2) is 4.78. The largest absolute Gasteiger partial charge is 0.299 e. The van der Waals surface area contributed by atoms with Crippen LogP contribution in [0.3, 0.4) is 0 Å². The van der Waals surface area contributed by atoms with E-state index in [2.05, 4.69) is 0 Å². The second-order valence-corrected chi connectivity index (χ2v) is 2.75. The maximum atomic E-state index is 10.6. The van der Waals surface area contributed by atoms with E-state index in [9.17, 15) is 25.0 Å². The van der Waals surface area contributed by atoms with Gasteiger partial charge < -0.3 is 0 Å². The molecule has 0 radical (unpaired) electrons. The van der Waals surface area contributed by atoms with Crippen LogP contribution in [0, 0.1) is 20.2 Å². The lowest BCUT2D eigenvalue weighted by Crippen LogP contribution is -1.94. The number of hydrogen-bond donors (Lipinski definition) is 0. The van der Waals surface area contributed by atoms with Crippen molar-refractivity contribution in [2.75, 3.05) is 0 Å². The van der Waals surface area contributed by atoms with Crippen molar-refractivity contribution < 1.29 is 14.6 Å². The Morgan fingerprint density at radius 1 is 1.12 bits per heavy atom. The third-order valence-electron chi connectivity index (χ3n) is 1.78. The Bertz CT molecular complexity index is 481. The lowest BCUT2D eigenvalue weighted by molar-refractivity contribution is -0.394. The maximum Gasteiger partial charge on any atom is 0.283 e. The number of carbonyl (C=O) groups excluding carboxylic acids is 1. The third kappa shape index (κ3) is 2.47. The van der Waals surface area contributed by atoms with Gasteiger partial charge in [-0.15, -0.1) is 0 Å². The number of nitrogens with zero attached hydrogens (tertiary/aromatic N) is 2. The first-order valence-corrected chi connectivity index (χ1v) is 4.11. The molecule has 0 amide bonds. The Morgan fingerprint density at radius 3 is 2.31 bits per heavy atom. The Hall–Kier alpha value is -2.57. The van der Waals surface area contributed by atoms with Gasteiger partial charge in [0.15, 0.2) is 0 Å². The summed E-state index contributed by atoms with van der Waals surface area (Å²) in [7, 11) is 0. The molecule has 0 bridgehead atoms. The normalized spacial score (nSPS) is 10.2. The van der Waals surface area contributed by atoms with Crippen LogP contribution in [0.4, 0.5) is 11.4 Å². The minimum atomic E-state index is -0.739. The van der Waals surface area contributed by atoms with Gasteiger partial charge in [-0.1, -0.05) is 0 Å². The summed E-state index contributed by atoms with van der Waals surface area (Å²) in [4.78, 5) is 29.6. The quantitative estimate of drug-likeness (QED) is 0.334. The molecule has 82 valence electrons. The monoisotopic (exact) mass is 222 g/mol. The number of carbonyl (C=O) groups is 1. The van der Waals surface area contributed by atoms with Gasteiger partial charge in [0.1, 0.15) is 6.29 Å². The topological polar surface area (TPSA) is 103 Å². The highest BCUT2D eigenvalue weighted by atomic mass is 16.6. The number of hydrogen-bond acceptors (Lipinski definition) is 5. The molecule has 0 N–H and O–H groups in total. The molecule has 0 unspecified atom stereocenters. The highest BCUT2D eigenvalue weighted by molar-refractivity contribution is 5.76. The first-order valence-electron chi connectivity index (χ1n) is 4.11. The Morgan fingerprint density at radius 2 is 1.81 bits per heavy atom. The van der Waals surface area contributed by atoms with E-state index in [0.717, 1.165) is 18.2 Å². The van der Waals surface area contributed by atoms with Crippen molar-refractivity contribution in [1.29, 1.82) is 0 Å². The molecular formula is C9H6N2O5. The number of rotatable bonds is 4. The van der Waals surface area contributed by atoms with Crippen LogP contribution in [0.25, 0.3) is 6.08 Å². The standard InChI is InChI=1S/C9H6N2O5/c12-5-1-2-7-3-4-8(10(13)14)6-9(7)11(15)16/h1-6H/b2-1+. The van der Waals surface area contributed by atoms with Crippen LogP contribution in [0.15, 0.2) is 24.3 Å². The average molecular weight is 222 g/mol. The van der Waals surface area contributed by atoms with Crippen molar-refractivity contribution in [3.8, 4) is 0 Å². The summed E-state index contributed by atoms with van der Waals surface area (Å²) >= 11 is 0. The molecular weight excluding hydrogens is 216 g/mol. The lowest BCUT2D eigenvalue weighted by atomic mass is 10.1. The first-order chi connectivity index (χ1) is 7.56. The van der Waals surface area contributed by atoms with Crippen LogP contribution in [0.1, 0.15) is 5.56 Å². The van der Waals surface area contributed by atoms with Gasteiger partial charge in [-0.2, -0.15) is 0 Å². The first kappa shape index (κ1) is 11.5. The van der Waals surface area contributed by atoms with E-state index in [4.69, 9.17) is 0 Å². The zero-order valence-electron chi connectivity index (χ0n) is 7.90. The zero-order chi connectivity index (χ0) is 12.1. The number of nitro benzene ring substituents is 2. The molecule has 0 atom stereocenters. The second-order valence-electron chi connectivity index (χ2n) is 2.75. The van der Waals surface area contributed by atoms with Gasteiger partial charge in [0.2, 0.25) is 0 Å². The SMILES string of the molecule is O=C/C=C/c1ccc([N+](=O)[O-])cc1[N+](=O)[O-]. The Labute approximate surface area is 89.3 Å². The van der Waals surface area contributed by atoms with Crippen LogP contribution >= 0.6 is 0 Å². The molecule has 0 heterocycles. The summed E-state index contributed by atoms with van der Waals surface area (Å²) in [5.41, 5.74) is -0.634. The van der Waals surface area contributed by atoms with Gasteiger partial charge in [-0.3, -0.25) is 25.0 Å². The van der Waals surface area contributed by atoms with E-state index >= 15 is 0 Å². The highest BCUT2D eigenvalue weighted by Gasteiger charge is 2.17. The molecule has 0 fully saturated rings. The van der Waals surface area contributed by atoms with Gasteiger partial charge in [-0.05, 0) is 18.2 Å². The summed E-state index contributed by atoms with van der Waals surface area (Å²) in [5, 5.41) is 21.0. The van der Waals surface area contributed by atoms with Crippen molar-refractivity contribution in [1.82, 2.24) is 0 Å². The van der Waals surface area contributed by atoms with Gasteiger partial charge in [0.25, 0.3) is 11.4 Å². The molecule has 7 nitrogen and oxygen atoms in total. The predicted octanol–water partition coefficient (Wildman–Crippen LogP) is 1.72. The Balaban J connectivity index is 3.29. The summed E-state index contributed by atoms with van der Waals surface area (Å²) in [5.74, 6) is 0. The summed E-state index contributed by atoms with van der Waals surface area (Å²) in [6, 6.07) is 3.21. The van der Waals surface area contributed by atoms with Gasteiger partial charge in [0, 0.05) is 6.07 Å². The molecule has 0 aliphatic rings. The molecule has 7 heteroatoms. The minimum Gasteiger partial charge on any atom is -0.299 e. The van der Waals surface area contributed by atoms with Crippen molar-refractivity contribution in [3.63, 3.8) is 0 Å². The minimum absolute atomic E-state index is 0.141. The summed E-state index contributed by atoms with van der Waals surface area (Å²) in [6.45, 7) is 0. The number of aldehydes is 1. The van der Waals surface area contributed by atoms with Crippen LogP contribution in [-0.2, 0) is 4.79 Å². The van der Waals surface area contributed by atoms with E-state index < -0.39 is 15.5 Å². The predicted molar refractivity (Wildman–Crippen MR) is 54.8 cm³/mol. The third-order valence-corrected chi connectivity index (χ3v) is 1.78. The fourth-order valence-corrected chi connectivity index (χ4v) is 1.09. The molecule has 1 aromatic rings. The van der Waals surface area contributed by atoms with E-state index in [1.807, 2.05) is 0 Å². The average Bonchev–Trinajstić information content (AvgIpc) is 2.25. The van der Waals surface area contributed by atoms with Crippen molar-refractivity contribution in [2.45, 2.75) is 0 Å². The summed E-state index contributed by atoms with van der Waals surface area (Å²) in [6.07, 6.45) is 2.76. The number of nitro groups is 2. The fraction of sp³-hybridized carbons (Fsp3) is 0. The molecule has 0 saturated carbocycles. The van der Waals surface area contributed by atoms with Crippen molar-refractivity contribution in [2.24, 2.45) is 0 Å². The molecule has 0 spiro atoms. The van der Waals surface area contributed by atoms with Gasteiger partial charge >= 0.3 is 0 Å². The number of benzene rings is 1. The van der Waals surface area contributed by atoms with Crippen LogP contribution in [0.2, 0.25) is 0 Å². The van der Waals surface area contributed by atoms with Gasteiger partial charge in [0.05, 0.1) is 21.5 Å². The molecule has 1 aromatic carbocycles. The number of non-ortho nitro benzene ring substituents is 1. The molecule has 0 aliphatic carbocycles. The lowest BCUT2D eigenvalue weighted by Gasteiger charge is -1.96. The fourth-order valence-electron chi connectivity index (χ4n) is 1.09. The molecule has 1 rings (SSSR count). The zero-order valence-corrected chi connectivity index (χ0v) is 7.90. The van der Waals surface area contributed by atoms with Crippen molar-refractivity contribution >= 4 is 23.7 Å². The van der Waals surface area contributed by atoms with Gasteiger partial charge in [-0.25, -0.2) is 0 Å². The van der Waals surface area contributed by atoms with Crippen LogP contribution < -0.4 is 0 Å². The van der Waals surface area contributed by atoms with E-state index in [0.29, 0.717) is 6.29 Å². The highest BCUT2D eigenvalue weighted by Crippen LogP contribution is 2.25. The molecule has 16 heavy (non-hydrogen) atoms.